The standard InChI is InChI=1S/C22H28N2O5S/c1-29-20-9-7-19(8-10-20)17-30(27,28)22(21(25)23-26)12-15-24(16-13-22)14-11-18-5-3-2-4-6-18/h2-10,26H,11-17H2,1H3,(H,23,25). The lowest BCUT2D eigenvalue weighted by Crippen LogP contribution is -2.58. The summed E-state index contributed by atoms with van der Waals surface area (Å²) in [5, 5.41) is 9.27. The fourth-order valence-corrected chi connectivity index (χ4v) is 5.97. The third kappa shape index (κ3) is 4.83. The van der Waals surface area contributed by atoms with Gasteiger partial charge in [0.25, 0.3) is 5.91 Å². The number of piperidine rings is 1. The molecule has 1 amide bonds. The molecule has 0 unspecified atom stereocenters. The van der Waals surface area contributed by atoms with E-state index in [0.29, 0.717) is 24.4 Å². The predicted octanol–water partition coefficient (Wildman–Crippen LogP) is 2.19. The maximum atomic E-state index is 13.3. The summed E-state index contributed by atoms with van der Waals surface area (Å²) in [5.41, 5.74) is 3.40. The number of benzene rings is 2. The minimum Gasteiger partial charge on any atom is -0.497 e. The monoisotopic (exact) mass is 432 g/mol. The lowest BCUT2D eigenvalue weighted by molar-refractivity contribution is -0.133. The molecule has 1 heterocycles. The molecule has 0 saturated carbocycles. The Bertz CT molecular complexity index is 937. The van der Waals surface area contributed by atoms with E-state index in [9.17, 15) is 18.4 Å². The van der Waals surface area contributed by atoms with Gasteiger partial charge in [-0.05, 0) is 42.5 Å². The highest BCUT2D eigenvalue weighted by atomic mass is 32.2. The summed E-state index contributed by atoms with van der Waals surface area (Å²) in [7, 11) is -2.32. The Labute approximate surface area is 177 Å². The number of carbonyl (C=O) groups is 1. The van der Waals surface area contributed by atoms with Crippen molar-refractivity contribution in [3.63, 3.8) is 0 Å². The van der Waals surface area contributed by atoms with Crippen molar-refractivity contribution < 1.29 is 23.2 Å². The average Bonchev–Trinajstić information content (AvgIpc) is 2.78. The van der Waals surface area contributed by atoms with Crippen LogP contribution >= 0.6 is 0 Å². The van der Waals surface area contributed by atoms with Crippen molar-refractivity contribution in [3.8, 4) is 5.75 Å². The van der Waals surface area contributed by atoms with E-state index < -0.39 is 20.5 Å². The fourth-order valence-electron chi connectivity index (χ4n) is 3.93. The topological polar surface area (TPSA) is 95.9 Å². The van der Waals surface area contributed by atoms with Crippen LogP contribution in [0.25, 0.3) is 0 Å². The number of hydrogen-bond acceptors (Lipinski definition) is 6. The first kappa shape index (κ1) is 22.3. The van der Waals surface area contributed by atoms with Gasteiger partial charge in [-0.1, -0.05) is 42.5 Å². The molecule has 0 radical (unpaired) electrons. The summed E-state index contributed by atoms with van der Waals surface area (Å²) in [6.45, 7) is 1.74. The molecule has 8 heteroatoms. The van der Waals surface area contributed by atoms with E-state index in [4.69, 9.17) is 4.74 Å². The summed E-state index contributed by atoms with van der Waals surface area (Å²) in [4.78, 5) is 14.7. The number of likely N-dealkylation sites (tertiary alicyclic amines) is 1. The molecular weight excluding hydrogens is 404 g/mol. The number of nitrogens with zero attached hydrogens (tertiary/aromatic N) is 1. The molecule has 1 fully saturated rings. The van der Waals surface area contributed by atoms with Crippen molar-refractivity contribution in [2.75, 3.05) is 26.7 Å². The smallest absolute Gasteiger partial charge is 0.264 e. The van der Waals surface area contributed by atoms with Gasteiger partial charge in [-0.3, -0.25) is 10.0 Å². The third-order valence-electron chi connectivity index (χ3n) is 5.85. The summed E-state index contributed by atoms with van der Waals surface area (Å²) in [6, 6.07) is 16.8. The van der Waals surface area contributed by atoms with Crippen LogP contribution in [-0.4, -0.2) is 55.9 Å². The molecule has 0 aromatic heterocycles. The summed E-state index contributed by atoms with van der Waals surface area (Å²) in [6.07, 6.45) is 1.15. The summed E-state index contributed by atoms with van der Waals surface area (Å²) < 4.78 is 30.1. The molecule has 2 N–H and O–H groups in total. The minimum absolute atomic E-state index is 0.146. The van der Waals surface area contributed by atoms with Crippen molar-refractivity contribution in [3.05, 3.63) is 65.7 Å². The molecule has 0 spiro atoms. The Hall–Kier alpha value is -2.42. The molecule has 162 valence electrons. The normalized spacial score (nSPS) is 16.7. The van der Waals surface area contributed by atoms with Gasteiger partial charge in [0.1, 0.15) is 5.75 Å². The fraction of sp³-hybridized carbons (Fsp3) is 0.409. The highest BCUT2D eigenvalue weighted by Gasteiger charge is 2.51. The van der Waals surface area contributed by atoms with Crippen molar-refractivity contribution in [2.24, 2.45) is 0 Å². The van der Waals surface area contributed by atoms with E-state index in [1.54, 1.807) is 29.7 Å². The zero-order valence-corrected chi connectivity index (χ0v) is 17.9. The molecule has 0 aliphatic carbocycles. The number of nitrogens with one attached hydrogen (secondary N) is 1. The number of carbonyl (C=O) groups excluding carboxylic acids is 1. The lowest BCUT2D eigenvalue weighted by atomic mass is 9.94. The van der Waals surface area contributed by atoms with E-state index >= 15 is 0 Å². The second-order valence-electron chi connectivity index (χ2n) is 7.62. The van der Waals surface area contributed by atoms with E-state index in [1.165, 1.54) is 12.7 Å². The lowest BCUT2D eigenvalue weighted by Gasteiger charge is -2.39. The van der Waals surface area contributed by atoms with Crippen LogP contribution in [-0.2, 0) is 26.8 Å². The van der Waals surface area contributed by atoms with Gasteiger partial charge < -0.3 is 9.64 Å². The van der Waals surface area contributed by atoms with Crippen LogP contribution in [0.5, 0.6) is 5.75 Å². The first-order chi connectivity index (χ1) is 14.4. The minimum atomic E-state index is -3.86. The highest BCUT2D eigenvalue weighted by Crippen LogP contribution is 2.34. The first-order valence-electron chi connectivity index (χ1n) is 9.96. The van der Waals surface area contributed by atoms with Crippen molar-refractivity contribution in [2.45, 2.75) is 29.8 Å². The molecule has 1 aliphatic rings. The zero-order chi connectivity index (χ0) is 21.6. The molecular formula is C22H28N2O5S. The number of hydroxylamine groups is 1. The largest absolute Gasteiger partial charge is 0.497 e. The van der Waals surface area contributed by atoms with Gasteiger partial charge in [0, 0.05) is 19.6 Å². The van der Waals surface area contributed by atoms with Crippen LogP contribution in [0.4, 0.5) is 0 Å². The first-order valence-corrected chi connectivity index (χ1v) is 11.6. The van der Waals surface area contributed by atoms with Crippen LogP contribution in [0.1, 0.15) is 24.0 Å². The van der Waals surface area contributed by atoms with Gasteiger partial charge in [0.05, 0.1) is 12.9 Å². The molecule has 0 bridgehead atoms. The Balaban J connectivity index is 1.70. The Morgan fingerprint density at radius 1 is 1.07 bits per heavy atom. The van der Waals surface area contributed by atoms with Crippen LogP contribution < -0.4 is 10.2 Å². The number of methoxy groups -OCH3 is 1. The van der Waals surface area contributed by atoms with Gasteiger partial charge in [-0.25, -0.2) is 13.9 Å². The van der Waals surface area contributed by atoms with Crippen molar-refractivity contribution in [1.29, 1.82) is 0 Å². The number of sulfone groups is 1. The second kappa shape index (κ2) is 9.59. The maximum absolute atomic E-state index is 13.3. The quantitative estimate of drug-likeness (QED) is 0.490. The molecule has 2 aromatic carbocycles. The molecule has 30 heavy (non-hydrogen) atoms. The molecule has 2 aromatic rings. The van der Waals surface area contributed by atoms with Gasteiger partial charge >= 0.3 is 0 Å². The van der Waals surface area contributed by atoms with Crippen molar-refractivity contribution >= 4 is 15.7 Å². The number of ether oxygens (including phenoxy) is 1. The molecule has 0 atom stereocenters. The molecule has 3 rings (SSSR count). The van der Waals surface area contributed by atoms with E-state index in [0.717, 1.165) is 13.0 Å². The van der Waals surface area contributed by atoms with Gasteiger partial charge in [0.2, 0.25) is 0 Å². The van der Waals surface area contributed by atoms with Crippen LogP contribution in [0.3, 0.4) is 0 Å². The summed E-state index contributed by atoms with van der Waals surface area (Å²) in [5.74, 6) is -0.488. The number of rotatable bonds is 8. The molecule has 1 aliphatic heterocycles. The third-order valence-corrected chi connectivity index (χ3v) is 8.35. The van der Waals surface area contributed by atoms with Crippen LogP contribution in [0.2, 0.25) is 0 Å². The van der Waals surface area contributed by atoms with Crippen LogP contribution in [0.15, 0.2) is 54.6 Å². The molecule has 1 saturated heterocycles. The molecule has 7 nitrogen and oxygen atoms in total. The predicted molar refractivity (Wildman–Crippen MR) is 114 cm³/mol. The SMILES string of the molecule is COc1ccc(CS(=O)(=O)C2(C(=O)NO)CCN(CCc3ccccc3)CC2)cc1. The van der Waals surface area contributed by atoms with Crippen molar-refractivity contribution in [1.82, 2.24) is 10.4 Å². The van der Waals surface area contributed by atoms with E-state index in [2.05, 4.69) is 17.0 Å². The second-order valence-corrected chi connectivity index (χ2v) is 9.92. The summed E-state index contributed by atoms with van der Waals surface area (Å²) >= 11 is 0. The van der Waals surface area contributed by atoms with Gasteiger partial charge in [-0.2, -0.15) is 0 Å². The Morgan fingerprint density at radius 3 is 2.27 bits per heavy atom. The Kier molecular flexibility index (Phi) is 7.12. The van der Waals surface area contributed by atoms with E-state index in [-0.39, 0.29) is 18.6 Å². The number of hydrogen-bond donors (Lipinski definition) is 2. The van der Waals surface area contributed by atoms with Crippen LogP contribution in [0, 0.1) is 0 Å². The maximum Gasteiger partial charge on any atom is 0.264 e. The average molecular weight is 433 g/mol. The zero-order valence-electron chi connectivity index (χ0n) is 17.1. The van der Waals surface area contributed by atoms with Gasteiger partial charge in [0.15, 0.2) is 14.6 Å². The Morgan fingerprint density at radius 2 is 1.70 bits per heavy atom. The highest BCUT2D eigenvalue weighted by molar-refractivity contribution is 7.92. The van der Waals surface area contributed by atoms with Gasteiger partial charge in [-0.15, -0.1) is 0 Å². The number of amides is 1. The van der Waals surface area contributed by atoms with E-state index in [1.807, 2.05) is 18.2 Å².